The number of benzene rings is 16. The van der Waals surface area contributed by atoms with Gasteiger partial charge in [-0.15, -0.1) is 0 Å². The van der Waals surface area contributed by atoms with Crippen LogP contribution in [0.25, 0.3) is 157 Å². The molecule has 0 bridgehead atoms. The molecule has 24 rings (SSSR count). The predicted octanol–water partition coefficient (Wildman–Crippen LogP) is 27.2. The summed E-state index contributed by atoms with van der Waals surface area (Å²) in [5.74, 6) is 0. The van der Waals surface area contributed by atoms with Gasteiger partial charge in [0.15, 0.2) is 0 Å². The van der Waals surface area contributed by atoms with Gasteiger partial charge in [0.1, 0.15) is 0 Å². The molecule has 0 saturated carbocycles. The Hall–Kier alpha value is -13.4. The molecule has 2 heteroatoms. The third-order valence-corrected chi connectivity index (χ3v) is 26.5. The van der Waals surface area contributed by atoms with Crippen LogP contribution in [0.4, 0.5) is 0 Å². The first kappa shape index (κ1) is 61.7. The normalized spacial score (nSPS) is 15.1. The predicted molar refractivity (Wildman–Crippen MR) is 459 cm³/mol. The fourth-order valence-electron chi connectivity index (χ4n) is 21.7. The summed E-state index contributed by atoms with van der Waals surface area (Å²) in [5.41, 5.74) is 44.9. The molecule has 16 aromatic carbocycles. The van der Waals surface area contributed by atoms with E-state index in [1.807, 2.05) is 0 Å². The fourth-order valence-corrected chi connectivity index (χ4v) is 21.7. The molecule has 18 aromatic rings. The van der Waals surface area contributed by atoms with Crippen molar-refractivity contribution in [2.24, 2.45) is 0 Å². The van der Waals surface area contributed by atoms with E-state index in [4.69, 9.17) is 0 Å². The summed E-state index contributed by atoms with van der Waals surface area (Å²) in [6.07, 6.45) is 9.31. The van der Waals surface area contributed by atoms with Crippen molar-refractivity contribution in [2.45, 2.75) is 49.4 Å². The van der Waals surface area contributed by atoms with Gasteiger partial charge in [-0.1, -0.05) is 307 Å². The Morgan fingerprint density at radius 2 is 0.455 bits per heavy atom. The molecule has 2 heterocycles. The van der Waals surface area contributed by atoms with E-state index in [0.717, 1.165) is 0 Å². The minimum atomic E-state index is -0.561. The van der Waals surface area contributed by atoms with Crippen LogP contribution in [0.2, 0.25) is 0 Å². The minimum Gasteiger partial charge on any atom is -0.309 e. The Kier molecular flexibility index (Phi) is 12.4. The molecule has 514 valence electrons. The highest BCUT2D eigenvalue weighted by Gasteiger charge is 2.54. The van der Waals surface area contributed by atoms with E-state index in [-0.39, 0.29) is 10.8 Å². The van der Waals surface area contributed by atoms with Crippen LogP contribution >= 0.6 is 0 Å². The number of para-hydroxylation sites is 2. The lowest BCUT2D eigenvalue weighted by Crippen LogP contribution is -2.26. The van der Waals surface area contributed by atoms with E-state index >= 15 is 0 Å². The molecule has 0 N–H and O–H groups in total. The molecular formula is C108H72N2. The van der Waals surface area contributed by atoms with E-state index in [0.29, 0.717) is 0 Å². The van der Waals surface area contributed by atoms with Crippen molar-refractivity contribution in [3.63, 3.8) is 0 Å². The molecule has 0 unspecified atom stereocenters. The maximum Gasteiger partial charge on any atom is 0.0725 e. The zero-order valence-electron chi connectivity index (χ0n) is 61.5. The molecular weight excluding hydrogens is 1330 g/mol. The lowest BCUT2D eigenvalue weighted by Gasteiger charge is -2.31. The van der Waals surface area contributed by atoms with E-state index in [2.05, 4.69) is 401 Å². The van der Waals surface area contributed by atoms with Crippen LogP contribution in [0.3, 0.4) is 0 Å². The van der Waals surface area contributed by atoms with Gasteiger partial charge in [0.05, 0.1) is 32.9 Å². The first-order valence-corrected chi connectivity index (χ1v) is 38.9. The van der Waals surface area contributed by atoms with Crippen LogP contribution in [0, 0.1) is 0 Å². The molecule has 6 aliphatic rings. The molecule has 2 nitrogen and oxygen atoms in total. The van der Waals surface area contributed by atoms with Crippen LogP contribution in [0.5, 0.6) is 0 Å². The van der Waals surface area contributed by atoms with E-state index in [1.165, 1.54) is 222 Å². The second-order valence-electron chi connectivity index (χ2n) is 32.5. The highest BCUT2D eigenvalue weighted by atomic mass is 15.0. The van der Waals surface area contributed by atoms with Crippen LogP contribution < -0.4 is 0 Å². The van der Waals surface area contributed by atoms with Crippen molar-refractivity contribution in [3.05, 3.63) is 429 Å². The Bertz CT molecular complexity index is 6710. The fraction of sp³-hybridized carbons (Fsp3) is 0.0741. The number of nitrogens with zero attached hydrogens (tertiary/aromatic N) is 2. The van der Waals surface area contributed by atoms with Gasteiger partial charge < -0.3 is 9.13 Å². The van der Waals surface area contributed by atoms with E-state index < -0.39 is 10.8 Å². The monoisotopic (exact) mass is 1400 g/mol. The minimum absolute atomic E-state index is 0.0957. The molecule has 0 atom stereocenters. The largest absolute Gasteiger partial charge is 0.309 e. The van der Waals surface area contributed by atoms with Crippen molar-refractivity contribution in [2.75, 3.05) is 0 Å². The molecule has 0 aliphatic heterocycles. The van der Waals surface area contributed by atoms with Crippen LogP contribution in [0.1, 0.15) is 117 Å². The molecule has 0 saturated heterocycles. The highest BCUT2D eigenvalue weighted by Crippen LogP contribution is 2.66. The number of rotatable bonds is 7. The lowest BCUT2D eigenvalue weighted by molar-refractivity contribution is 0.660. The summed E-state index contributed by atoms with van der Waals surface area (Å²) >= 11 is 0. The van der Waals surface area contributed by atoms with Gasteiger partial charge in [0.25, 0.3) is 0 Å². The summed E-state index contributed by atoms with van der Waals surface area (Å²) in [7, 11) is 0. The van der Waals surface area contributed by atoms with Gasteiger partial charge in [-0.05, 0) is 252 Å². The first-order valence-electron chi connectivity index (χ1n) is 38.9. The maximum absolute atomic E-state index is 2.57. The SMILES string of the molecule is CC1(C)c2ccccc2-c2ccc(-n3c4ccccc4c4cc(C=Cc5ccc6c(c5)C5(c7ccccc7-c7ccccc75)c5cc(-c7ccc8c(c7)C7(c9ccccc9-c9ccccc97)c7cc(C=Cc9ccc%10c(c9)c9ccccc9n%10-c9ccc%10c(c9)C(C)(C)c9ccccc9-%10)ccc7-8)ccc5-6)ccc43)cc21. The summed E-state index contributed by atoms with van der Waals surface area (Å²) in [4.78, 5) is 0. The van der Waals surface area contributed by atoms with E-state index in [9.17, 15) is 0 Å². The molecule has 110 heavy (non-hydrogen) atoms. The molecule has 2 aromatic heterocycles. The van der Waals surface area contributed by atoms with Crippen molar-refractivity contribution < 1.29 is 0 Å². The molecule has 0 amide bonds. The van der Waals surface area contributed by atoms with Crippen LogP contribution in [-0.2, 0) is 21.7 Å². The Morgan fingerprint density at radius 1 is 0.191 bits per heavy atom. The zero-order chi connectivity index (χ0) is 72.7. The summed E-state index contributed by atoms with van der Waals surface area (Å²) in [6.45, 7) is 9.48. The number of fused-ring (bicyclic) bond motifs is 32. The average molecular weight is 1400 g/mol. The second-order valence-corrected chi connectivity index (χ2v) is 32.5. The standard InChI is InChI=1S/C108H72N2/c1-105(2)89-29-13-5-21-73(89)79-53-47-71(63-95(79)105)109-101-35-19-11-27-85(101)87-57-65(43-55-103(87)109)37-39-67-41-49-81-83-51-45-69(61-99(83)107(97(81)59-67)91-31-15-7-23-75(91)76-24-8-16-32-92(76)107)70-46-52-84-82-50-42-68(60-98(82)108(100(84)62-70)93-33-17-9-25-77(93)78-26-10-18-34-94(78)108)40-38-66-44-56-104-88(58-66)86-28-12-20-36-102(86)110(104)72-48-54-80-74-22-6-14-30-90(74)106(3,4)96(80)64-72/h5-64H,1-4H3. The van der Waals surface area contributed by atoms with Gasteiger partial charge in [0.2, 0.25) is 0 Å². The van der Waals surface area contributed by atoms with Gasteiger partial charge in [-0.3, -0.25) is 0 Å². The Labute approximate surface area is 640 Å². The van der Waals surface area contributed by atoms with Gasteiger partial charge >= 0.3 is 0 Å². The molecule has 0 fully saturated rings. The third kappa shape index (κ3) is 8.06. The van der Waals surface area contributed by atoms with Crippen molar-refractivity contribution >= 4 is 67.9 Å². The van der Waals surface area contributed by atoms with Gasteiger partial charge in [-0.2, -0.15) is 0 Å². The average Bonchev–Trinajstić information content (AvgIpc) is 1.51. The third-order valence-electron chi connectivity index (χ3n) is 26.5. The maximum atomic E-state index is 2.57. The topological polar surface area (TPSA) is 9.86 Å². The second kappa shape index (κ2) is 22.1. The summed E-state index contributed by atoms with van der Waals surface area (Å²) in [6, 6.07) is 130. The molecule has 6 aliphatic carbocycles. The van der Waals surface area contributed by atoms with Gasteiger partial charge in [0, 0.05) is 43.7 Å². The van der Waals surface area contributed by atoms with Crippen molar-refractivity contribution in [1.82, 2.24) is 9.13 Å². The number of aromatic nitrogens is 2. The number of hydrogen-bond acceptors (Lipinski definition) is 0. The van der Waals surface area contributed by atoms with Crippen LogP contribution in [0.15, 0.2) is 340 Å². The lowest BCUT2D eigenvalue weighted by atomic mass is 9.69. The van der Waals surface area contributed by atoms with Crippen LogP contribution in [-0.4, -0.2) is 9.13 Å². The first-order chi connectivity index (χ1) is 54.0. The van der Waals surface area contributed by atoms with E-state index in [1.54, 1.807) is 0 Å². The smallest absolute Gasteiger partial charge is 0.0725 e. The number of hydrogen-bond donors (Lipinski definition) is 0. The van der Waals surface area contributed by atoms with Crippen molar-refractivity contribution in [3.8, 4) is 89.3 Å². The molecule has 2 spiro atoms. The summed E-state index contributed by atoms with van der Waals surface area (Å²) < 4.78 is 4.94. The Morgan fingerprint density at radius 3 is 0.836 bits per heavy atom. The Balaban J connectivity index is 0.601. The quantitative estimate of drug-likeness (QED) is 0.141. The highest BCUT2D eigenvalue weighted by molar-refractivity contribution is 6.12. The van der Waals surface area contributed by atoms with Crippen molar-refractivity contribution in [1.29, 1.82) is 0 Å². The molecule has 0 radical (unpaired) electrons. The summed E-state index contributed by atoms with van der Waals surface area (Å²) in [5, 5.41) is 5.00. The van der Waals surface area contributed by atoms with Gasteiger partial charge in [-0.25, -0.2) is 0 Å². The zero-order valence-corrected chi connectivity index (χ0v) is 61.5.